The van der Waals surface area contributed by atoms with E-state index in [1.165, 1.54) is 58.3 Å². The number of hydrogen-bond donors (Lipinski definition) is 1. The van der Waals surface area contributed by atoms with E-state index >= 15 is 0 Å². The summed E-state index contributed by atoms with van der Waals surface area (Å²) in [7, 11) is 4.48. The van der Waals surface area contributed by atoms with E-state index in [0.29, 0.717) is 6.04 Å². The van der Waals surface area contributed by atoms with Gasteiger partial charge in [-0.1, -0.05) is 32.6 Å². The number of hydrogen-bond acceptors (Lipinski definition) is 3. The van der Waals surface area contributed by atoms with Gasteiger partial charge in [-0.25, -0.2) is 0 Å². The number of unbranched alkanes of at least 4 members (excludes halogenated alkanes) is 4. The number of nitrogens with one attached hydrogen (secondary N) is 1. The van der Waals surface area contributed by atoms with Crippen LogP contribution in [0.3, 0.4) is 0 Å². The Morgan fingerprint density at radius 2 is 1.82 bits per heavy atom. The molecule has 1 saturated heterocycles. The molecule has 102 valence electrons. The first-order valence-electron chi connectivity index (χ1n) is 7.33. The standard InChI is InChI=1S/C14H31N3/c1-4-5-6-7-8-9-15-12-14-13-16(2)10-11-17(14)3/h14-15H,4-13H2,1-3H3. The largest absolute Gasteiger partial charge is 0.315 e. The van der Waals surface area contributed by atoms with Crippen molar-refractivity contribution < 1.29 is 0 Å². The Balaban J connectivity index is 1.97. The molecule has 0 spiro atoms. The van der Waals surface area contributed by atoms with Gasteiger partial charge in [-0.3, -0.25) is 4.90 Å². The number of likely N-dealkylation sites (N-methyl/N-ethyl adjacent to an activating group) is 2. The normalized spacial score (nSPS) is 23.1. The van der Waals surface area contributed by atoms with Gasteiger partial charge in [-0.2, -0.15) is 0 Å². The van der Waals surface area contributed by atoms with Crippen LogP contribution in [0.1, 0.15) is 39.0 Å². The second-order valence-corrected chi connectivity index (χ2v) is 5.52. The van der Waals surface area contributed by atoms with Crippen molar-refractivity contribution in [3.8, 4) is 0 Å². The van der Waals surface area contributed by atoms with Crippen molar-refractivity contribution in [2.75, 3.05) is 46.8 Å². The molecular formula is C14H31N3. The molecule has 1 aliphatic rings. The quantitative estimate of drug-likeness (QED) is 0.654. The van der Waals surface area contributed by atoms with Crippen LogP contribution < -0.4 is 5.32 Å². The Kier molecular flexibility index (Phi) is 7.82. The first-order chi connectivity index (χ1) is 8.24. The van der Waals surface area contributed by atoms with Crippen LogP contribution in [0, 0.1) is 0 Å². The van der Waals surface area contributed by atoms with E-state index in [1.54, 1.807) is 0 Å². The van der Waals surface area contributed by atoms with Gasteiger partial charge in [0.05, 0.1) is 0 Å². The second kappa shape index (κ2) is 8.90. The van der Waals surface area contributed by atoms with Crippen molar-refractivity contribution in [1.82, 2.24) is 15.1 Å². The fourth-order valence-corrected chi connectivity index (χ4v) is 2.44. The number of rotatable bonds is 8. The Hall–Kier alpha value is -0.120. The minimum absolute atomic E-state index is 0.699. The second-order valence-electron chi connectivity index (χ2n) is 5.52. The molecular weight excluding hydrogens is 210 g/mol. The number of piperazine rings is 1. The van der Waals surface area contributed by atoms with Crippen LogP contribution in [0.2, 0.25) is 0 Å². The summed E-state index contributed by atoms with van der Waals surface area (Å²) in [4.78, 5) is 4.93. The summed E-state index contributed by atoms with van der Waals surface area (Å²) in [5.41, 5.74) is 0. The van der Waals surface area contributed by atoms with Crippen LogP contribution in [-0.4, -0.2) is 62.7 Å². The summed E-state index contributed by atoms with van der Waals surface area (Å²) in [6.45, 7) is 8.24. The Bertz CT molecular complexity index is 184. The zero-order valence-electron chi connectivity index (χ0n) is 12.0. The first kappa shape index (κ1) is 14.9. The minimum atomic E-state index is 0.699. The van der Waals surface area contributed by atoms with E-state index in [4.69, 9.17) is 0 Å². The van der Waals surface area contributed by atoms with E-state index in [9.17, 15) is 0 Å². The van der Waals surface area contributed by atoms with Gasteiger partial charge in [0.1, 0.15) is 0 Å². The molecule has 1 aliphatic heterocycles. The lowest BCUT2D eigenvalue weighted by atomic mass is 10.1. The predicted octanol–water partition coefficient (Wildman–Crippen LogP) is 1.79. The van der Waals surface area contributed by atoms with Gasteiger partial charge in [0.25, 0.3) is 0 Å². The maximum atomic E-state index is 3.61. The highest BCUT2D eigenvalue weighted by molar-refractivity contribution is 4.80. The third kappa shape index (κ3) is 6.39. The fourth-order valence-electron chi connectivity index (χ4n) is 2.44. The third-order valence-corrected chi connectivity index (χ3v) is 3.82. The van der Waals surface area contributed by atoms with Gasteiger partial charge in [0, 0.05) is 32.2 Å². The monoisotopic (exact) mass is 241 g/mol. The maximum absolute atomic E-state index is 3.61. The van der Waals surface area contributed by atoms with Gasteiger partial charge >= 0.3 is 0 Å². The van der Waals surface area contributed by atoms with Crippen LogP contribution in [0.5, 0.6) is 0 Å². The fraction of sp³-hybridized carbons (Fsp3) is 1.00. The van der Waals surface area contributed by atoms with Gasteiger partial charge in [-0.15, -0.1) is 0 Å². The predicted molar refractivity (Wildman–Crippen MR) is 75.5 cm³/mol. The van der Waals surface area contributed by atoms with E-state index in [0.717, 1.165) is 6.54 Å². The molecule has 0 aromatic heterocycles. The molecule has 1 fully saturated rings. The Morgan fingerprint density at radius 3 is 2.59 bits per heavy atom. The van der Waals surface area contributed by atoms with E-state index < -0.39 is 0 Å². The number of nitrogens with zero attached hydrogens (tertiary/aromatic N) is 2. The van der Waals surface area contributed by atoms with Gasteiger partial charge in [0.2, 0.25) is 0 Å². The van der Waals surface area contributed by atoms with Crippen molar-refractivity contribution in [1.29, 1.82) is 0 Å². The highest BCUT2D eigenvalue weighted by Crippen LogP contribution is 2.05. The van der Waals surface area contributed by atoms with Gasteiger partial charge in [-0.05, 0) is 27.1 Å². The smallest absolute Gasteiger partial charge is 0.0345 e. The van der Waals surface area contributed by atoms with Crippen LogP contribution in [0.25, 0.3) is 0 Å². The Labute approximate surface area is 108 Å². The molecule has 0 aromatic rings. The third-order valence-electron chi connectivity index (χ3n) is 3.82. The lowest BCUT2D eigenvalue weighted by Gasteiger charge is -2.37. The lowest BCUT2D eigenvalue weighted by molar-refractivity contribution is 0.113. The average Bonchev–Trinajstić information content (AvgIpc) is 2.32. The highest BCUT2D eigenvalue weighted by atomic mass is 15.3. The topological polar surface area (TPSA) is 18.5 Å². The van der Waals surface area contributed by atoms with Crippen LogP contribution in [0.4, 0.5) is 0 Å². The molecule has 0 saturated carbocycles. The molecule has 0 radical (unpaired) electrons. The van der Waals surface area contributed by atoms with Crippen LogP contribution in [-0.2, 0) is 0 Å². The zero-order valence-corrected chi connectivity index (χ0v) is 12.0. The Morgan fingerprint density at radius 1 is 1.06 bits per heavy atom. The molecule has 0 bridgehead atoms. The lowest BCUT2D eigenvalue weighted by Crippen LogP contribution is -2.53. The maximum Gasteiger partial charge on any atom is 0.0345 e. The first-order valence-corrected chi connectivity index (χ1v) is 7.33. The summed E-state index contributed by atoms with van der Waals surface area (Å²) in [6, 6.07) is 0.699. The van der Waals surface area contributed by atoms with Crippen molar-refractivity contribution in [2.24, 2.45) is 0 Å². The summed E-state index contributed by atoms with van der Waals surface area (Å²) in [5, 5.41) is 3.61. The van der Waals surface area contributed by atoms with Gasteiger partial charge < -0.3 is 10.2 Å². The minimum Gasteiger partial charge on any atom is -0.315 e. The van der Waals surface area contributed by atoms with Crippen LogP contribution in [0.15, 0.2) is 0 Å². The highest BCUT2D eigenvalue weighted by Gasteiger charge is 2.21. The molecule has 0 amide bonds. The van der Waals surface area contributed by atoms with Gasteiger partial charge in [0.15, 0.2) is 0 Å². The average molecular weight is 241 g/mol. The van der Waals surface area contributed by atoms with Crippen molar-refractivity contribution >= 4 is 0 Å². The molecule has 3 heteroatoms. The molecule has 1 rings (SSSR count). The molecule has 0 aromatic carbocycles. The molecule has 1 unspecified atom stereocenters. The van der Waals surface area contributed by atoms with E-state index in [2.05, 4.69) is 36.1 Å². The van der Waals surface area contributed by atoms with E-state index in [1.807, 2.05) is 0 Å². The van der Waals surface area contributed by atoms with Crippen LogP contribution >= 0.6 is 0 Å². The summed E-state index contributed by atoms with van der Waals surface area (Å²) < 4.78 is 0. The van der Waals surface area contributed by atoms with Crippen molar-refractivity contribution in [3.05, 3.63) is 0 Å². The summed E-state index contributed by atoms with van der Waals surface area (Å²) in [5.74, 6) is 0. The van der Waals surface area contributed by atoms with E-state index in [-0.39, 0.29) is 0 Å². The molecule has 17 heavy (non-hydrogen) atoms. The molecule has 1 atom stereocenters. The zero-order chi connectivity index (χ0) is 12.5. The summed E-state index contributed by atoms with van der Waals surface area (Å²) >= 11 is 0. The summed E-state index contributed by atoms with van der Waals surface area (Å²) in [6.07, 6.45) is 6.88. The SMILES string of the molecule is CCCCCCCNCC1CN(C)CCN1C. The molecule has 0 aliphatic carbocycles. The molecule has 3 nitrogen and oxygen atoms in total. The van der Waals surface area contributed by atoms with Crippen molar-refractivity contribution in [3.63, 3.8) is 0 Å². The molecule has 1 heterocycles. The molecule has 1 N–H and O–H groups in total. The van der Waals surface area contributed by atoms with Crippen molar-refractivity contribution in [2.45, 2.75) is 45.1 Å².